The van der Waals surface area contributed by atoms with Crippen LogP contribution in [0.5, 0.6) is 0 Å². The SMILES string of the molecule is C=C[C@H]1C[C@H]2C=C(C(=O)OC)[C@@H]1N(C(=O)OC)C2. The van der Waals surface area contributed by atoms with E-state index in [-0.39, 0.29) is 23.8 Å². The molecule has 18 heavy (non-hydrogen) atoms. The summed E-state index contributed by atoms with van der Waals surface area (Å²) in [5.74, 6) is -0.154. The second-order valence-electron chi connectivity index (χ2n) is 4.58. The van der Waals surface area contributed by atoms with Crippen molar-refractivity contribution in [1.82, 2.24) is 4.90 Å². The molecule has 0 spiro atoms. The fraction of sp³-hybridized carbons (Fsp3) is 0.538. The fourth-order valence-electron chi connectivity index (χ4n) is 2.86. The number of amides is 1. The molecule has 0 radical (unpaired) electrons. The van der Waals surface area contributed by atoms with E-state index in [4.69, 9.17) is 9.47 Å². The van der Waals surface area contributed by atoms with Crippen molar-refractivity contribution in [2.24, 2.45) is 11.8 Å². The van der Waals surface area contributed by atoms with Crippen molar-refractivity contribution in [1.29, 1.82) is 0 Å². The van der Waals surface area contributed by atoms with Crippen molar-refractivity contribution in [2.45, 2.75) is 12.5 Å². The van der Waals surface area contributed by atoms with E-state index in [1.54, 1.807) is 11.0 Å². The van der Waals surface area contributed by atoms with Crippen molar-refractivity contribution in [2.75, 3.05) is 20.8 Å². The highest BCUT2D eigenvalue weighted by Gasteiger charge is 2.45. The van der Waals surface area contributed by atoms with E-state index in [2.05, 4.69) is 6.58 Å². The number of esters is 1. The molecule has 5 heteroatoms. The number of piperidine rings is 1. The first-order valence-electron chi connectivity index (χ1n) is 5.89. The normalized spacial score (nSPS) is 29.6. The summed E-state index contributed by atoms with van der Waals surface area (Å²) >= 11 is 0. The third kappa shape index (κ3) is 1.89. The maximum Gasteiger partial charge on any atom is 0.410 e. The summed E-state index contributed by atoms with van der Waals surface area (Å²) in [6, 6.07) is -0.313. The average Bonchev–Trinajstić information content (AvgIpc) is 2.44. The second kappa shape index (κ2) is 4.84. The topological polar surface area (TPSA) is 55.8 Å². The van der Waals surface area contributed by atoms with Crippen LogP contribution in [0, 0.1) is 11.8 Å². The van der Waals surface area contributed by atoms with E-state index in [9.17, 15) is 9.59 Å². The van der Waals surface area contributed by atoms with Gasteiger partial charge < -0.3 is 9.47 Å². The van der Waals surface area contributed by atoms with Crippen LogP contribution in [0.2, 0.25) is 0 Å². The molecule has 2 bridgehead atoms. The molecular formula is C13H17NO4. The molecule has 98 valence electrons. The summed E-state index contributed by atoms with van der Waals surface area (Å²) in [5.41, 5.74) is 0.537. The number of hydrogen-bond acceptors (Lipinski definition) is 4. The Balaban J connectivity index is 2.36. The highest BCUT2D eigenvalue weighted by atomic mass is 16.5. The number of carbonyl (C=O) groups excluding carboxylic acids is 2. The Hall–Kier alpha value is -1.78. The summed E-state index contributed by atoms with van der Waals surface area (Å²) in [6.45, 7) is 4.37. The maximum absolute atomic E-state index is 11.8. The number of fused-ring (bicyclic) bond motifs is 2. The third-order valence-corrected chi connectivity index (χ3v) is 3.61. The molecule has 0 aromatic carbocycles. The van der Waals surface area contributed by atoms with Crippen LogP contribution in [0.3, 0.4) is 0 Å². The van der Waals surface area contributed by atoms with Crippen LogP contribution in [0.4, 0.5) is 4.79 Å². The summed E-state index contributed by atoms with van der Waals surface area (Å²) in [4.78, 5) is 25.1. The fourth-order valence-corrected chi connectivity index (χ4v) is 2.86. The molecule has 1 saturated heterocycles. The highest BCUT2D eigenvalue weighted by molar-refractivity contribution is 5.91. The average molecular weight is 251 g/mol. The number of nitrogens with zero attached hydrogens (tertiary/aromatic N) is 1. The van der Waals surface area contributed by atoms with Crippen molar-refractivity contribution >= 4 is 12.1 Å². The van der Waals surface area contributed by atoms with E-state index in [0.717, 1.165) is 6.42 Å². The zero-order valence-electron chi connectivity index (χ0n) is 10.6. The van der Waals surface area contributed by atoms with Gasteiger partial charge in [0.1, 0.15) is 0 Å². The van der Waals surface area contributed by atoms with Gasteiger partial charge in [-0.05, 0) is 12.3 Å². The lowest BCUT2D eigenvalue weighted by molar-refractivity contribution is -0.137. The van der Waals surface area contributed by atoms with Crippen LogP contribution < -0.4 is 0 Å². The Morgan fingerprint density at radius 2 is 2.17 bits per heavy atom. The lowest BCUT2D eigenvalue weighted by atomic mass is 9.73. The smallest absolute Gasteiger partial charge is 0.410 e. The van der Waals surface area contributed by atoms with Crippen LogP contribution in [0.25, 0.3) is 0 Å². The molecule has 3 atom stereocenters. The minimum absolute atomic E-state index is 0.0712. The van der Waals surface area contributed by atoms with Gasteiger partial charge in [-0.15, -0.1) is 6.58 Å². The van der Waals surface area contributed by atoms with Gasteiger partial charge in [-0.3, -0.25) is 4.90 Å². The van der Waals surface area contributed by atoms with E-state index in [1.807, 2.05) is 6.08 Å². The molecule has 0 N–H and O–H groups in total. The van der Waals surface area contributed by atoms with Gasteiger partial charge in [-0.25, -0.2) is 9.59 Å². The van der Waals surface area contributed by atoms with E-state index in [0.29, 0.717) is 12.1 Å². The minimum Gasteiger partial charge on any atom is -0.466 e. The lowest BCUT2D eigenvalue weighted by Crippen LogP contribution is -2.56. The third-order valence-electron chi connectivity index (χ3n) is 3.61. The van der Waals surface area contributed by atoms with E-state index in [1.165, 1.54) is 14.2 Å². The molecule has 1 aliphatic carbocycles. The summed E-state index contributed by atoms with van der Waals surface area (Å²) in [5, 5.41) is 0. The zero-order valence-corrected chi connectivity index (χ0v) is 10.6. The minimum atomic E-state index is -0.411. The molecular weight excluding hydrogens is 234 g/mol. The molecule has 1 amide bonds. The Labute approximate surface area is 106 Å². The summed E-state index contributed by atoms with van der Waals surface area (Å²) in [6.07, 6.45) is 4.20. The number of carbonyl (C=O) groups is 2. The van der Waals surface area contributed by atoms with Crippen molar-refractivity contribution in [3.8, 4) is 0 Å². The predicted octanol–water partition coefficient (Wildman–Crippen LogP) is 1.36. The van der Waals surface area contributed by atoms with Gasteiger partial charge in [0.15, 0.2) is 0 Å². The quantitative estimate of drug-likeness (QED) is 0.549. The molecule has 3 aliphatic rings. The molecule has 1 fully saturated rings. The maximum atomic E-state index is 11.8. The van der Waals surface area contributed by atoms with Crippen LogP contribution in [0.15, 0.2) is 24.3 Å². The van der Waals surface area contributed by atoms with Crippen LogP contribution in [-0.2, 0) is 14.3 Å². The Bertz CT molecular complexity index is 415. The van der Waals surface area contributed by atoms with Crippen LogP contribution in [-0.4, -0.2) is 43.8 Å². The number of ether oxygens (including phenoxy) is 2. The standard InChI is InChI=1S/C13H17NO4/c1-4-9-5-8-6-10(12(15)17-2)11(9)14(7-8)13(16)18-3/h4,6,8-9,11H,1,5,7H2,2-3H3/t8-,9-,11+/m0/s1. The van der Waals surface area contributed by atoms with Gasteiger partial charge in [0.05, 0.1) is 25.8 Å². The molecule has 5 nitrogen and oxygen atoms in total. The first-order chi connectivity index (χ1) is 8.62. The Morgan fingerprint density at radius 3 is 2.72 bits per heavy atom. The van der Waals surface area contributed by atoms with Crippen molar-refractivity contribution in [3.63, 3.8) is 0 Å². The molecule has 0 aromatic rings. The molecule has 2 heterocycles. The molecule has 0 aromatic heterocycles. The van der Waals surface area contributed by atoms with E-state index >= 15 is 0 Å². The monoisotopic (exact) mass is 251 g/mol. The highest BCUT2D eigenvalue weighted by Crippen LogP contribution is 2.39. The zero-order chi connectivity index (χ0) is 13.3. The summed E-state index contributed by atoms with van der Waals surface area (Å²) < 4.78 is 9.55. The lowest BCUT2D eigenvalue weighted by Gasteiger charge is -2.46. The molecule has 3 rings (SSSR count). The largest absolute Gasteiger partial charge is 0.466 e. The first kappa shape index (κ1) is 12.7. The predicted molar refractivity (Wildman–Crippen MR) is 64.8 cm³/mol. The van der Waals surface area contributed by atoms with E-state index < -0.39 is 6.09 Å². The number of rotatable bonds is 2. The van der Waals surface area contributed by atoms with Crippen LogP contribution in [0.1, 0.15) is 6.42 Å². The Kier molecular flexibility index (Phi) is 3.41. The summed E-state index contributed by atoms with van der Waals surface area (Å²) in [7, 11) is 2.69. The first-order valence-corrected chi connectivity index (χ1v) is 5.89. The molecule has 0 unspecified atom stereocenters. The van der Waals surface area contributed by atoms with Gasteiger partial charge in [0, 0.05) is 12.5 Å². The van der Waals surface area contributed by atoms with Crippen LogP contribution >= 0.6 is 0 Å². The van der Waals surface area contributed by atoms with Crippen molar-refractivity contribution < 1.29 is 19.1 Å². The second-order valence-corrected chi connectivity index (χ2v) is 4.58. The molecule has 0 saturated carbocycles. The van der Waals surface area contributed by atoms with Gasteiger partial charge in [-0.1, -0.05) is 12.2 Å². The van der Waals surface area contributed by atoms with Gasteiger partial charge in [-0.2, -0.15) is 0 Å². The number of methoxy groups -OCH3 is 2. The van der Waals surface area contributed by atoms with Gasteiger partial charge in [0.2, 0.25) is 0 Å². The molecule has 2 aliphatic heterocycles. The number of hydrogen-bond donors (Lipinski definition) is 0. The van der Waals surface area contributed by atoms with Crippen molar-refractivity contribution in [3.05, 3.63) is 24.3 Å². The Morgan fingerprint density at radius 1 is 1.44 bits per heavy atom. The van der Waals surface area contributed by atoms with Gasteiger partial charge >= 0.3 is 12.1 Å². The van der Waals surface area contributed by atoms with Gasteiger partial charge in [0.25, 0.3) is 0 Å².